The van der Waals surface area contributed by atoms with Crippen LogP contribution in [0.25, 0.3) is 0 Å². The highest BCUT2D eigenvalue weighted by molar-refractivity contribution is 5.91. The average molecular weight is 135 g/mol. The molecule has 0 aliphatic heterocycles. The molecule has 10 heavy (non-hydrogen) atoms. The van der Waals surface area contributed by atoms with Gasteiger partial charge in [-0.2, -0.15) is 0 Å². The number of hydrogen-bond acceptors (Lipinski definition) is 1. The van der Waals surface area contributed by atoms with Crippen LogP contribution in [0.5, 0.6) is 0 Å². The molecule has 0 saturated carbocycles. The molecule has 2 nitrogen and oxygen atoms in total. The standard InChI is InChI=1S/C8H9NO/c1-2-3-4-5-6-7-8(9)10/h4-5H2,1H3,(H2,9,10). The Labute approximate surface area is 60.8 Å². The lowest BCUT2D eigenvalue weighted by molar-refractivity contribution is -0.112. The van der Waals surface area contributed by atoms with Gasteiger partial charge in [-0.05, 0) is 12.8 Å². The van der Waals surface area contributed by atoms with E-state index in [4.69, 9.17) is 5.73 Å². The maximum Gasteiger partial charge on any atom is 0.293 e. The van der Waals surface area contributed by atoms with Gasteiger partial charge < -0.3 is 5.73 Å². The number of amides is 1. The van der Waals surface area contributed by atoms with E-state index in [-0.39, 0.29) is 0 Å². The van der Waals surface area contributed by atoms with Crippen molar-refractivity contribution < 1.29 is 4.79 Å². The van der Waals surface area contributed by atoms with Crippen LogP contribution in [0.1, 0.15) is 19.8 Å². The number of primary amides is 1. The molecule has 1 amide bonds. The average Bonchev–Trinajstić information content (AvgIpc) is 1.87. The Morgan fingerprint density at radius 1 is 1.40 bits per heavy atom. The van der Waals surface area contributed by atoms with Crippen LogP contribution in [-0.2, 0) is 4.79 Å². The maximum atomic E-state index is 10.0. The minimum Gasteiger partial charge on any atom is -0.359 e. The summed E-state index contributed by atoms with van der Waals surface area (Å²) in [5, 5.41) is 0. The van der Waals surface area contributed by atoms with Gasteiger partial charge >= 0.3 is 0 Å². The van der Waals surface area contributed by atoms with Gasteiger partial charge in [0.25, 0.3) is 5.91 Å². The van der Waals surface area contributed by atoms with Crippen LogP contribution in [-0.4, -0.2) is 5.91 Å². The Morgan fingerprint density at radius 2 is 2.00 bits per heavy atom. The SMILES string of the molecule is CC#CCCC#CC(N)=O. The molecule has 2 heteroatoms. The normalized spacial score (nSPS) is 6.50. The Balaban J connectivity index is 3.44. The fourth-order valence-corrected chi connectivity index (χ4v) is 0.400. The van der Waals surface area contributed by atoms with Crippen LogP contribution in [0.4, 0.5) is 0 Å². The first-order valence-corrected chi connectivity index (χ1v) is 2.95. The van der Waals surface area contributed by atoms with E-state index in [1.807, 2.05) is 0 Å². The topological polar surface area (TPSA) is 43.1 Å². The minimum absolute atomic E-state index is 0.579. The summed E-state index contributed by atoms with van der Waals surface area (Å²) in [6.45, 7) is 1.77. The molecule has 0 heterocycles. The fourth-order valence-electron chi connectivity index (χ4n) is 0.400. The zero-order valence-corrected chi connectivity index (χ0v) is 5.90. The number of carbonyl (C=O) groups is 1. The summed E-state index contributed by atoms with van der Waals surface area (Å²) in [5.74, 6) is 9.78. The van der Waals surface area contributed by atoms with Gasteiger partial charge in [0.05, 0.1) is 0 Å². The van der Waals surface area contributed by atoms with Gasteiger partial charge in [0.15, 0.2) is 0 Å². The van der Waals surface area contributed by atoms with Gasteiger partial charge in [0.2, 0.25) is 0 Å². The first-order valence-electron chi connectivity index (χ1n) is 2.95. The molecule has 0 aliphatic rings. The molecule has 0 bridgehead atoms. The predicted molar refractivity (Wildman–Crippen MR) is 39.7 cm³/mol. The van der Waals surface area contributed by atoms with Crippen molar-refractivity contribution in [2.75, 3.05) is 0 Å². The van der Waals surface area contributed by atoms with Crippen molar-refractivity contribution in [3.05, 3.63) is 0 Å². The number of hydrogen-bond donors (Lipinski definition) is 1. The van der Waals surface area contributed by atoms with Crippen molar-refractivity contribution in [2.45, 2.75) is 19.8 Å². The van der Waals surface area contributed by atoms with Crippen LogP contribution >= 0.6 is 0 Å². The fraction of sp³-hybridized carbons (Fsp3) is 0.375. The number of unbranched alkanes of at least 4 members (excludes halogenated alkanes) is 1. The molecule has 0 aromatic carbocycles. The molecule has 0 aliphatic carbocycles. The third-order valence-corrected chi connectivity index (χ3v) is 0.763. The smallest absolute Gasteiger partial charge is 0.293 e. The highest BCUT2D eigenvalue weighted by Gasteiger charge is 1.78. The molecule has 0 radical (unpaired) electrons. The van der Waals surface area contributed by atoms with E-state index in [9.17, 15) is 4.79 Å². The summed E-state index contributed by atoms with van der Waals surface area (Å²) in [4.78, 5) is 10.0. The second-order valence-electron chi connectivity index (χ2n) is 1.59. The van der Waals surface area contributed by atoms with Crippen molar-refractivity contribution in [3.63, 3.8) is 0 Å². The lowest BCUT2D eigenvalue weighted by atomic mass is 10.3. The van der Waals surface area contributed by atoms with Crippen molar-refractivity contribution in [1.82, 2.24) is 0 Å². The summed E-state index contributed by atoms with van der Waals surface area (Å²) in [5.41, 5.74) is 4.76. The second-order valence-corrected chi connectivity index (χ2v) is 1.59. The van der Waals surface area contributed by atoms with E-state index < -0.39 is 5.91 Å². The largest absolute Gasteiger partial charge is 0.359 e. The summed E-state index contributed by atoms with van der Waals surface area (Å²) in [7, 11) is 0. The molecule has 0 spiro atoms. The monoisotopic (exact) mass is 135 g/mol. The minimum atomic E-state index is -0.579. The van der Waals surface area contributed by atoms with Crippen molar-refractivity contribution in [2.24, 2.45) is 5.73 Å². The lowest BCUT2D eigenvalue weighted by Crippen LogP contribution is -2.05. The van der Waals surface area contributed by atoms with Crippen LogP contribution in [0.2, 0.25) is 0 Å². The molecule has 0 atom stereocenters. The zero-order valence-electron chi connectivity index (χ0n) is 5.90. The van der Waals surface area contributed by atoms with Crippen LogP contribution in [0.3, 0.4) is 0 Å². The van der Waals surface area contributed by atoms with E-state index in [0.717, 1.165) is 0 Å². The van der Waals surface area contributed by atoms with E-state index in [2.05, 4.69) is 23.7 Å². The van der Waals surface area contributed by atoms with Gasteiger partial charge in [-0.1, -0.05) is 5.92 Å². The van der Waals surface area contributed by atoms with E-state index in [1.54, 1.807) is 6.92 Å². The van der Waals surface area contributed by atoms with Crippen molar-refractivity contribution in [3.8, 4) is 23.7 Å². The quantitative estimate of drug-likeness (QED) is 0.407. The Bertz CT molecular complexity index is 221. The molecule has 0 saturated heterocycles. The zero-order chi connectivity index (χ0) is 7.82. The third-order valence-electron chi connectivity index (χ3n) is 0.763. The molecule has 0 aromatic heterocycles. The highest BCUT2D eigenvalue weighted by Crippen LogP contribution is 1.81. The van der Waals surface area contributed by atoms with Gasteiger partial charge in [-0.3, -0.25) is 4.79 Å². The highest BCUT2D eigenvalue weighted by atomic mass is 16.1. The summed E-state index contributed by atoms with van der Waals surface area (Å²) in [6, 6.07) is 0. The van der Waals surface area contributed by atoms with E-state index in [0.29, 0.717) is 12.8 Å². The second kappa shape index (κ2) is 5.72. The van der Waals surface area contributed by atoms with Gasteiger partial charge in [-0.15, -0.1) is 11.8 Å². The Hall–Kier alpha value is -1.41. The number of nitrogens with two attached hydrogens (primary N) is 1. The molecular formula is C8H9NO. The van der Waals surface area contributed by atoms with Crippen molar-refractivity contribution in [1.29, 1.82) is 0 Å². The van der Waals surface area contributed by atoms with Gasteiger partial charge in [0.1, 0.15) is 0 Å². The predicted octanol–water partition coefficient (Wildman–Crippen LogP) is 0.279. The Kier molecular flexibility index (Phi) is 4.91. The molecule has 52 valence electrons. The first-order chi connectivity index (χ1) is 4.77. The molecular weight excluding hydrogens is 126 g/mol. The molecule has 0 fully saturated rings. The maximum absolute atomic E-state index is 10.0. The number of rotatable bonds is 1. The van der Waals surface area contributed by atoms with Gasteiger partial charge in [0, 0.05) is 12.8 Å². The van der Waals surface area contributed by atoms with E-state index >= 15 is 0 Å². The first kappa shape index (κ1) is 8.59. The van der Waals surface area contributed by atoms with Crippen molar-refractivity contribution >= 4 is 5.91 Å². The Morgan fingerprint density at radius 3 is 2.50 bits per heavy atom. The third kappa shape index (κ3) is 6.59. The summed E-state index contributed by atoms with van der Waals surface area (Å²) >= 11 is 0. The van der Waals surface area contributed by atoms with Crippen LogP contribution < -0.4 is 5.73 Å². The molecule has 0 unspecified atom stereocenters. The lowest BCUT2D eigenvalue weighted by Gasteiger charge is -1.76. The van der Waals surface area contributed by atoms with Crippen LogP contribution in [0.15, 0.2) is 0 Å². The van der Waals surface area contributed by atoms with Gasteiger partial charge in [-0.25, -0.2) is 0 Å². The molecule has 2 N–H and O–H groups in total. The van der Waals surface area contributed by atoms with Crippen LogP contribution in [0, 0.1) is 23.7 Å². The number of carbonyl (C=O) groups excluding carboxylic acids is 1. The summed E-state index contributed by atoms with van der Waals surface area (Å²) in [6.07, 6.45) is 1.32. The molecule has 0 aromatic rings. The van der Waals surface area contributed by atoms with E-state index in [1.165, 1.54) is 0 Å². The summed E-state index contributed by atoms with van der Waals surface area (Å²) < 4.78 is 0. The molecule has 0 rings (SSSR count).